The molecule has 0 bridgehead atoms. The normalized spacial score (nSPS) is 10.8. The zero-order valence-corrected chi connectivity index (χ0v) is 7.82. The standard InChI is InChI=1S/C8H11F.C2H6/c1-4-5-6-7(2)8(3)9;1-2/h4-6H,3H2,1-2H3;1-2H3/b5-4-,7-6-;. The molecule has 0 saturated carbocycles. The molecular formula is C10H17F. The van der Waals surface area contributed by atoms with Crippen molar-refractivity contribution in [2.45, 2.75) is 27.7 Å². The van der Waals surface area contributed by atoms with Crippen LogP contribution in [0, 0.1) is 0 Å². The lowest BCUT2D eigenvalue weighted by molar-refractivity contribution is 0.656. The Kier molecular flexibility index (Phi) is 10.6. The van der Waals surface area contributed by atoms with Crippen molar-refractivity contribution in [3.05, 3.63) is 36.2 Å². The maximum Gasteiger partial charge on any atom is 0.118 e. The zero-order valence-electron chi connectivity index (χ0n) is 7.82. The van der Waals surface area contributed by atoms with E-state index in [9.17, 15) is 4.39 Å². The molecule has 0 radical (unpaired) electrons. The highest BCUT2D eigenvalue weighted by Crippen LogP contribution is 2.06. The minimum Gasteiger partial charge on any atom is -0.207 e. The number of allylic oxidation sites excluding steroid dienone is 5. The summed E-state index contributed by atoms with van der Waals surface area (Å²) in [5.41, 5.74) is 0.577. The van der Waals surface area contributed by atoms with E-state index < -0.39 is 0 Å². The van der Waals surface area contributed by atoms with Gasteiger partial charge in [0, 0.05) is 0 Å². The van der Waals surface area contributed by atoms with Crippen molar-refractivity contribution in [3.8, 4) is 0 Å². The molecule has 0 fully saturated rings. The van der Waals surface area contributed by atoms with Crippen molar-refractivity contribution in [2.24, 2.45) is 0 Å². The summed E-state index contributed by atoms with van der Waals surface area (Å²) in [5.74, 6) is -0.367. The van der Waals surface area contributed by atoms with Crippen LogP contribution in [-0.2, 0) is 0 Å². The van der Waals surface area contributed by atoms with E-state index in [0.29, 0.717) is 5.57 Å². The molecule has 0 unspecified atom stereocenters. The van der Waals surface area contributed by atoms with E-state index in [4.69, 9.17) is 0 Å². The summed E-state index contributed by atoms with van der Waals surface area (Å²) in [6.45, 7) is 10.7. The fourth-order valence-electron chi connectivity index (χ4n) is 0.331. The van der Waals surface area contributed by atoms with Crippen LogP contribution in [-0.4, -0.2) is 0 Å². The molecule has 0 saturated heterocycles. The number of halogens is 1. The molecule has 0 aliphatic carbocycles. The van der Waals surface area contributed by atoms with Gasteiger partial charge in [-0.1, -0.05) is 38.7 Å². The smallest absolute Gasteiger partial charge is 0.118 e. The topological polar surface area (TPSA) is 0 Å². The first kappa shape index (κ1) is 12.8. The second-order valence-corrected chi connectivity index (χ2v) is 1.78. The van der Waals surface area contributed by atoms with Gasteiger partial charge in [-0.3, -0.25) is 0 Å². The SMILES string of the molecule is C=C(F)/C(C)=C\C=C/C.CC. The number of hydrogen-bond acceptors (Lipinski definition) is 0. The highest BCUT2D eigenvalue weighted by Gasteiger charge is 1.88. The van der Waals surface area contributed by atoms with Gasteiger partial charge in [0.2, 0.25) is 0 Å². The lowest BCUT2D eigenvalue weighted by atomic mass is 10.2. The van der Waals surface area contributed by atoms with Crippen LogP contribution >= 0.6 is 0 Å². The van der Waals surface area contributed by atoms with Crippen LogP contribution in [0.4, 0.5) is 4.39 Å². The van der Waals surface area contributed by atoms with E-state index >= 15 is 0 Å². The molecule has 1 heteroatoms. The molecular weight excluding hydrogens is 139 g/mol. The molecule has 0 atom stereocenters. The second-order valence-electron chi connectivity index (χ2n) is 1.78. The Balaban J connectivity index is 0. The summed E-state index contributed by atoms with van der Waals surface area (Å²) in [6, 6.07) is 0. The van der Waals surface area contributed by atoms with Crippen LogP contribution in [0.1, 0.15) is 27.7 Å². The first-order chi connectivity index (χ1) is 5.18. The average Bonchev–Trinajstić information content (AvgIpc) is 2.03. The van der Waals surface area contributed by atoms with Crippen LogP contribution in [0.15, 0.2) is 36.2 Å². The van der Waals surface area contributed by atoms with Crippen LogP contribution in [0.3, 0.4) is 0 Å². The predicted octanol–water partition coefficient (Wildman–Crippen LogP) is 4.02. The lowest BCUT2D eigenvalue weighted by Gasteiger charge is -1.88. The lowest BCUT2D eigenvalue weighted by Crippen LogP contribution is -1.70. The Morgan fingerprint density at radius 2 is 1.82 bits per heavy atom. The van der Waals surface area contributed by atoms with Crippen molar-refractivity contribution in [3.63, 3.8) is 0 Å². The van der Waals surface area contributed by atoms with Crippen LogP contribution in [0.2, 0.25) is 0 Å². The molecule has 0 aromatic carbocycles. The maximum atomic E-state index is 12.1. The number of hydrogen-bond donors (Lipinski definition) is 0. The van der Waals surface area contributed by atoms with Gasteiger partial charge in [-0.15, -0.1) is 0 Å². The molecule has 11 heavy (non-hydrogen) atoms. The van der Waals surface area contributed by atoms with Gasteiger partial charge < -0.3 is 0 Å². The Morgan fingerprint density at radius 3 is 2.09 bits per heavy atom. The summed E-state index contributed by atoms with van der Waals surface area (Å²) in [5, 5.41) is 0. The Morgan fingerprint density at radius 1 is 1.36 bits per heavy atom. The molecule has 0 aromatic rings. The average molecular weight is 156 g/mol. The summed E-state index contributed by atoms with van der Waals surface area (Å²) >= 11 is 0. The Labute approximate surface area is 69.1 Å². The predicted molar refractivity (Wildman–Crippen MR) is 50.2 cm³/mol. The molecule has 0 aliphatic heterocycles. The van der Waals surface area contributed by atoms with E-state index in [-0.39, 0.29) is 5.83 Å². The second kappa shape index (κ2) is 9.15. The molecule has 0 aromatic heterocycles. The van der Waals surface area contributed by atoms with Crippen molar-refractivity contribution < 1.29 is 4.39 Å². The number of rotatable bonds is 2. The molecule has 0 aliphatic rings. The third-order valence-corrected chi connectivity index (χ3v) is 0.967. The quantitative estimate of drug-likeness (QED) is 0.530. The third-order valence-electron chi connectivity index (χ3n) is 0.967. The van der Waals surface area contributed by atoms with Crippen molar-refractivity contribution >= 4 is 0 Å². The van der Waals surface area contributed by atoms with Crippen LogP contribution in [0.25, 0.3) is 0 Å². The van der Waals surface area contributed by atoms with E-state index in [2.05, 4.69) is 6.58 Å². The first-order valence-corrected chi connectivity index (χ1v) is 3.83. The summed E-state index contributed by atoms with van der Waals surface area (Å²) < 4.78 is 12.1. The molecule has 0 rings (SSSR count). The van der Waals surface area contributed by atoms with Crippen LogP contribution in [0.5, 0.6) is 0 Å². The Hall–Kier alpha value is -0.850. The molecule has 0 N–H and O–H groups in total. The van der Waals surface area contributed by atoms with Gasteiger partial charge in [0.15, 0.2) is 0 Å². The molecule has 0 nitrogen and oxygen atoms in total. The van der Waals surface area contributed by atoms with E-state index in [1.165, 1.54) is 0 Å². The van der Waals surface area contributed by atoms with Gasteiger partial charge in [0.1, 0.15) is 5.83 Å². The third kappa shape index (κ3) is 9.15. The summed E-state index contributed by atoms with van der Waals surface area (Å²) in [4.78, 5) is 0. The monoisotopic (exact) mass is 156 g/mol. The van der Waals surface area contributed by atoms with Gasteiger partial charge >= 0.3 is 0 Å². The minimum absolute atomic E-state index is 0.367. The van der Waals surface area contributed by atoms with Gasteiger partial charge in [-0.05, 0) is 19.4 Å². The van der Waals surface area contributed by atoms with E-state index in [1.54, 1.807) is 19.1 Å². The largest absolute Gasteiger partial charge is 0.207 e. The molecule has 64 valence electrons. The van der Waals surface area contributed by atoms with E-state index in [1.807, 2.05) is 26.8 Å². The summed E-state index contributed by atoms with van der Waals surface area (Å²) in [6.07, 6.45) is 5.30. The highest BCUT2D eigenvalue weighted by atomic mass is 19.1. The Bertz CT molecular complexity index is 152. The van der Waals surface area contributed by atoms with Gasteiger partial charge in [-0.25, -0.2) is 4.39 Å². The fraction of sp³-hybridized carbons (Fsp3) is 0.400. The molecule has 0 heterocycles. The van der Waals surface area contributed by atoms with Gasteiger partial charge in [0.05, 0.1) is 0 Å². The maximum absolute atomic E-state index is 12.1. The fourth-order valence-corrected chi connectivity index (χ4v) is 0.331. The van der Waals surface area contributed by atoms with Crippen molar-refractivity contribution in [1.29, 1.82) is 0 Å². The van der Waals surface area contributed by atoms with Gasteiger partial charge in [0.25, 0.3) is 0 Å². The zero-order chi connectivity index (χ0) is 9.28. The van der Waals surface area contributed by atoms with Gasteiger partial charge in [-0.2, -0.15) is 0 Å². The van der Waals surface area contributed by atoms with Crippen molar-refractivity contribution in [2.75, 3.05) is 0 Å². The van der Waals surface area contributed by atoms with Crippen LogP contribution < -0.4 is 0 Å². The van der Waals surface area contributed by atoms with Crippen molar-refractivity contribution in [1.82, 2.24) is 0 Å². The molecule has 0 amide bonds. The minimum atomic E-state index is -0.367. The summed E-state index contributed by atoms with van der Waals surface area (Å²) in [7, 11) is 0. The van der Waals surface area contributed by atoms with E-state index in [0.717, 1.165) is 0 Å². The molecule has 0 spiro atoms. The first-order valence-electron chi connectivity index (χ1n) is 3.83. The highest BCUT2D eigenvalue weighted by molar-refractivity contribution is 5.24.